The average Bonchev–Trinajstić information content (AvgIpc) is 1.88. The second-order valence-electron chi connectivity index (χ2n) is 2.66. The van der Waals surface area contributed by atoms with Gasteiger partial charge in [-0.25, -0.2) is 0 Å². The third kappa shape index (κ3) is 1.26. The number of rotatable bonds is 1. The van der Waals surface area contributed by atoms with Crippen LogP contribution in [0.1, 0.15) is 13.8 Å². The van der Waals surface area contributed by atoms with Gasteiger partial charge in [0.25, 0.3) is 0 Å². The molecule has 0 aliphatic carbocycles. The molecule has 0 fully saturated rings. The summed E-state index contributed by atoms with van der Waals surface area (Å²) in [7, 11) is 0. The van der Waals surface area contributed by atoms with Gasteiger partial charge in [-0.15, -0.1) is 0 Å². The van der Waals surface area contributed by atoms with E-state index >= 15 is 0 Å². The Morgan fingerprint density at radius 3 is 2.80 bits per heavy atom. The Kier molecular flexibility index (Phi) is 1.62. The van der Waals surface area contributed by atoms with Gasteiger partial charge < -0.3 is 9.53 Å². The number of carbonyl (C=O) groups is 1. The Bertz CT molecular complexity index is 203. The number of hydrogen-bond acceptors (Lipinski definition) is 2. The molecule has 0 aromatic carbocycles. The number of carbonyl (C=O) groups excluding carboxylic acids is 1. The Balaban J connectivity index is 2.87. The molecule has 1 heterocycles. The van der Waals surface area contributed by atoms with Crippen molar-refractivity contribution in [3.63, 3.8) is 0 Å². The minimum atomic E-state index is -0.456. The van der Waals surface area contributed by atoms with Gasteiger partial charge >= 0.3 is 0 Å². The summed E-state index contributed by atoms with van der Waals surface area (Å²) in [5, 5.41) is 0. The van der Waals surface area contributed by atoms with E-state index in [1.54, 1.807) is 18.4 Å². The first-order valence-electron chi connectivity index (χ1n) is 3.16. The first-order chi connectivity index (χ1) is 4.66. The lowest BCUT2D eigenvalue weighted by Crippen LogP contribution is -2.14. The molecule has 0 saturated heterocycles. The van der Waals surface area contributed by atoms with E-state index in [2.05, 4.69) is 0 Å². The molecule has 1 aliphatic rings. The molecule has 0 aromatic rings. The first-order valence-corrected chi connectivity index (χ1v) is 3.16. The van der Waals surface area contributed by atoms with Gasteiger partial charge in [0.05, 0.1) is 17.4 Å². The van der Waals surface area contributed by atoms with Crippen LogP contribution in [-0.2, 0) is 9.53 Å². The molecule has 0 radical (unpaired) electrons. The summed E-state index contributed by atoms with van der Waals surface area (Å²) in [4.78, 5) is 10.5. The molecule has 1 unspecified atom stereocenters. The van der Waals surface area contributed by atoms with Crippen LogP contribution in [0.25, 0.3) is 0 Å². The number of allylic oxidation sites excluding steroid dienone is 3. The maximum Gasteiger partial charge on any atom is 0.133 e. The highest BCUT2D eigenvalue weighted by atomic mass is 16.5. The van der Waals surface area contributed by atoms with Crippen LogP contribution in [-0.4, -0.2) is 6.29 Å². The topological polar surface area (TPSA) is 26.3 Å². The molecule has 1 aliphatic heterocycles. The lowest BCUT2D eigenvalue weighted by molar-refractivity contribution is -0.112. The number of aldehydes is 1. The largest absolute Gasteiger partial charge is 0.470 e. The Morgan fingerprint density at radius 2 is 2.40 bits per heavy atom. The molecule has 54 valence electrons. The van der Waals surface area contributed by atoms with Crippen molar-refractivity contribution >= 4 is 6.29 Å². The van der Waals surface area contributed by atoms with E-state index in [4.69, 9.17) is 4.74 Å². The molecule has 0 spiro atoms. The van der Waals surface area contributed by atoms with Gasteiger partial charge in [0.2, 0.25) is 0 Å². The summed E-state index contributed by atoms with van der Waals surface area (Å²) in [6.07, 6.45) is 5.96. The van der Waals surface area contributed by atoms with Crippen molar-refractivity contribution in [3.05, 3.63) is 24.2 Å². The second-order valence-corrected chi connectivity index (χ2v) is 2.66. The van der Waals surface area contributed by atoms with Crippen LogP contribution in [0.4, 0.5) is 0 Å². The SMILES string of the molecule is CC1=CC(C)(C=O)C=CO1. The van der Waals surface area contributed by atoms with Crippen LogP contribution >= 0.6 is 0 Å². The van der Waals surface area contributed by atoms with Crippen molar-refractivity contribution in [1.82, 2.24) is 0 Å². The molecular weight excluding hydrogens is 128 g/mol. The van der Waals surface area contributed by atoms with Crippen molar-refractivity contribution in [3.8, 4) is 0 Å². The highest BCUT2D eigenvalue weighted by molar-refractivity contribution is 5.65. The number of ether oxygens (including phenoxy) is 1. The normalized spacial score (nSPS) is 30.8. The zero-order valence-corrected chi connectivity index (χ0v) is 6.13. The lowest BCUT2D eigenvalue weighted by Gasteiger charge is -2.18. The van der Waals surface area contributed by atoms with Crippen molar-refractivity contribution in [2.45, 2.75) is 13.8 Å². The standard InChI is InChI=1S/C8H10O2/c1-7-5-8(2,6-9)3-4-10-7/h3-6H,1-2H3. The molecule has 0 amide bonds. The summed E-state index contributed by atoms with van der Waals surface area (Å²) in [6.45, 7) is 3.66. The van der Waals surface area contributed by atoms with Crippen LogP contribution in [0, 0.1) is 5.41 Å². The summed E-state index contributed by atoms with van der Waals surface area (Å²) in [5.74, 6) is 0.775. The Labute approximate surface area is 60.2 Å². The quantitative estimate of drug-likeness (QED) is 0.515. The monoisotopic (exact) mass is 138 g/mol. The number of hydrogen-bond donors (Lipinski definition) is 0. The van der Waals surface area contributed by atoms with Gasteiger partial charge in [0, 0.05) is 0 Å². The van der Waals surface area contributed by atoms with Crippen LogP contribution in [0.15, 0.2) is 24.2 Å². The zero-order chi connectivity index (χ0) is 7.61. The minimum Gasteiger partial charge on any atom is -0.470 e. The minimum absolute atomic E-state index is 0.456. The average molecular weight is 138 g/mol. The predicted octanol–water partition coefficient (Wildman–Crippen LogP) is 1.64. The van der Waals surface area contributed by atoms with E-state index in [-0.39, 0.29) is 0 Å². The van der Waals surface area contributed by atoms with Crippen molar-refractivity contribution in [1.29, 1.82) is 0 Å². The van der Waals surface area contributed by atoms with Gasteiger partial charge in [-0.3, -0.25) is 0 Å². The van der Waals surface area contributed by atoms with Gasteiger partial charge in [-0.05, 0) is 26.0 Å². The third-order valence-electron chi connectivity index (χ3n) is 1.45. The van der Waals surface area contributed by atoms with E-state index < -0.39 is 5.41 Å². The predicted molar refractivity (Wildman–Crippen MR) is 38.2 cm³/mol. The van der Waals surface area contributed by atoms with E-state index in [9.17, 15) is 4.79 Å². The fraction of sp³-hybridized carbons (Fsp3) is 0.375. The molecule has 2 heteroatoms. The Hall–Kier alpha value is -1.05. The highest BCUT2D eigenvalue weighted by Gasteiger charge is 2.19. The molecule has 10 heavy (non-hydrogen) atoms. The van der Waals surface area contributed by atoms with E-state index in [0.717, 1.165) is 12.0 Å². The lowest BCUT2D eigenvalue weighted by atomic mass is 9.91. The molecule has 0 aromatic heterocycles. The van der Waals surface area contributed by atoms with Gasteiger partial charge in [0.15, 0.2) is 0 Å². The third-order valence-corrected chi connectivity index (χ3v) is 1.45. The Morgan fingerprint density at radius 1 is 1.70 bits per heavy atom. The van der Waals surface area contributed by atoms with Crippen LogP contribution < -0.4 is 0 Å². The maximum atomic E-state index is 10.5. The summed E-state index contributed by atoms with van der Waals surface area (Å²) in [5.41, 5.74) is -0.456. The van der Waals surface area contributed by atoms with Gasteiger partial charge in [-0.1, -0.05) is 0 Å². The fourth-order valence-corrected chi connectivity index (χ4v) is 0.881. The molecule has 0 saturated carbocycles. The maximum absolute atomic E-state index is 10.5. The molecule has 1 rings (SSSR count). The van der Waals surface area contributed by atoms with E-state index in [1.807, 2.05) is 13.8 Å². The van der Waals surface area contributed by atoms with Crippen molar-refractivity contribution in [2.75, 3.05) is 0 Å². The summed E-state index contributed by atoms with van der Waals surface area (Å²) in [6, 6.07) is 0. The van der Waals surface area contributed by atoms with Gasteiger partial charge in [-0.2, -0.15) is 0 Å². The van der Waals surface area contributed by atoms with Crippen LogP contribution in [0.5, 0.6) is 0 Å². The molecule has 0 bridgehead atoms. The fourth-order valence-electron chi connectivity index (χ4n) is 0.881. The zero-order valence-electron chi connectivity index (χ0n) is 6.13. The second kappa shape index (κ2) is 2.29. The first kappa shape index (κ1) is 7.06. The molecular formula is C8H10O2. The van der Waals surface area contributed by atoms with E-state index in [0.29, 0.717) is 0 Å². The van der Waals surface area contributed by atoms with Crippen LogP contribution in [0.2, 0.25) is 0 Å². The van der Waals surface area contributed by atoms with Crippen molar-refractivity contribution < 1.29 is 9.53 Å². The van der Waals surface area contributed by atoms with E-state index in [1.165, 1.54) is 0 Å². The molecule has 2 nitrogen and oxygen atoms in total. The molecule has 0 N–H and O–H groups in total. The molecule has 1 atom stereocenters. The highest BCUT2D eigenvalue weighted by Crippen LogP contribution is 2.23. The van der Waals surface area contributed by atoms with Crippen LogP contribution in [0.3, 0.4) is 0 Å². The summed E-state index contributed by atoms with van der Waals surface area (Å²) >= 11 is 0. The van der Waals surface area contributed by atoms with Crippen molar-refractivity contribution in [2.24, 2.45) is 5.41 Å². The van der Waals surface area contributed by atoms with Gasteiger partial charge in [0.1, 0.15) is 6.29 Å². The smallest absolute Gasteiger partial charge is 0.133 e. The summed E-state index contributed by atoms with van der Waals surface area (Å²) < 4.78 is 5.00.